The first-order valence-electron chi connectivity index (χ1n) is 13.1. The molecular weight excluding hydrogens is 486 g/mol. The second-order valence-corrected chi connectivity index (χ2v) is 10.8. The first-order valence-corrected chi connectivity index (χ1v) is 14.0. The Morgan fingerprint density at radius 1 is 1.16 bits per heavy atom. The Morgan fingerprint density at radius 2 is 2.00 bits per heavy atom. The smallest absolute Gasteiger partial charge is 0.254 e. The van der Waals surface area contributed by atoms with Crippen LogP contribution in [-0.4, -0.2) is 61.0 Å². The maximum Gasteiger partial charge on any atom is 0.254 e. The van der Waals surface area contributed by atoms with Gasteiger partial charge in [0.15, 0.2) is 0 Å². The van der Waals surface area contributed by atoms with Crippen molar-refractivity contribution in [1.29, 1.82) is 0 Å². The maximum absolute atomic E-state index is 13.9. The van der Waals surface area contributed by atoms with Crippen molar-refractivity contribution in [1.82, 2.24) is 15.1 Å². The van der Waals surface area contributed by atoms with E-state index < -0.39 is 5.92 Å². The first kappa shape index (κ1) is 25.7. The SMILES string of the molecule is COCCN1C(=O)c2ccccc2C(C(=O)NCCN(Cc2ccco2)C2CCCC2)C1c1cccs1. The Kier molecular flexibility index (Phi) is 8.38. The molecule has 3 aromatic rings. The summed E-state index contributed by atoms with van der Waals surface area (Å²) in [5, 5.41) is 5.23. The number of carbonyl (C=O) groups is 2. The number of thiophene rings is 1. The van der Waals surface area contributed by atoms with Crippen molar-refractivity contribution in [3.8, 4) is 0 Å². The lowest BCUT2D eigenvalue weighted by Crippen LogP contribution is -2.49. The van der Waals surface area contributed by atoms with Crippen LogP contribution in [0, 0.1) is 0 Å². The molecular formula is C29H35N3O4S. The highest BCUT2D eigenvalue weighted by molar-refractivity contribution is 7.10. The molecule has 1 aromatic carbocycles. The van der Waals surface area contributed by atoms with Crippen LogP contribution in [0.25, 0.3) is 0 Å². The predicted octanol–water partition coefficient (Wildman–Crippen LogP) is 4.83. The van der Waals surface area contributed by atoms with Crippen LogP contribution < -0.4 is 5.32 Å². The topological polar surface area (TPSA) is 75.0 Å². The van der Waals surface area contributed by atoms with Crippen molar-refractivity contribution in [2.24, 2.45) is 0 Å². The summed E-state index contributed by atoms with van der Waals surface area (Å²) in [6.07, 6.45) is 6.58. The van der Waals surface area contributed by atoms with E-state index >= 15 is 0 Å². The molecule has 2 aliphatic rings. The fourth-order valence-corrected chi connectivity index (χ4v) is 6.66. The summed E-state index contributed by atoms with van der Waals surface area (Å²) in [4.78, 5) is 32.7. The van der Waals surface area contributed by atoms with E-state index in [4.69, 9.17) is 9.15 Å². The van der Waals surface area contributed by atoms with E-state index in [0.29, 0.717) is 31.3 Å². The monoisotopic (exact) mass is 521 g/mol. The van der Waals surface area contributed by atoms with E-state index in [1.807, 2.05) is 58.8 Å². The summed E-state index contributed by atoms with van der Waals surface area (Å²) in [7, 11) is 1.63. The molecule has 2 atom stereocenters. The quantitative estimate of drug-likeness (QED) is 0.391. The van der Waals surface area contributed by atoms with Crippen LogP contribution in [0.4, 0.5) is 0 Å². The van der Waals surface area contributed by atoms with Crippen LogP contribution in [0.2, 0.25) is 0 Å². The predicted molar refractivity (Wildman–Crippen MR) is 144 cm³/mol. The summed E-state index contributed by atoms with van der Waals surface area (Å²) >= 11 is 1.58. The van der Waals surface area contributed by atoms with E-state index in [1.165, 1.54) is 25.7 Å². The molecule has 0 bridgehead atoms. The molecule has 2 aromatic heterocycles. The molecule has 2 amide bonds. The summed E-state index contributed by atoms with van der Waals surface area (Å²) in [6.45, 7) is 2.87. The molecule has 1 N–H and O–H groups in total. The fraction of sp³-hybridized carbons (Fsp3) is 0.448. The Balaban J connectivity index is 1.36. The second kappa shape index (κ2) is 12.1. The molecule has 3 heterocycles. The second-order valence-electron chi connectivity index (χ2n) is 9.80. The van der Waals surface area contributed by atoms with Crippen LogP contribution in [0.3, 0.4) is 0 Å². The lowest BCUT2D eigenvalue weighted by Gasteiger charge is -2.41. The molecule has 1 aliphatic carbocycles. The maximum atomic E-state index is 13.9. The van der Waals surface area contributed by atoms with Gasteiger partial charge in [-0.15, -0.1) is 11.3 Å². The number of rotatable bonds is 11. The summed E-state index contributed by atoms with van der Waals surface area (Å²) in [6, 6.07) is 15.6. The van der Waals surface area contributed by atoms with Gasteiger partial charge < -0.3 is 19.4 Å². The van der Waals surface area contributed by atoms with Gasteiger partial charge in [0.25, 0.3) is 5.91 Å². The van der Waals surface area contributed by atoms with Crippen molar-refractivity contribution < 1.29 is 18.7 Å². The van der Waals surface area contributed by atoms with E-state index in [0.717, 1.165) is 29.3 Å². The van der Waals surface area contributed by atoms with Crippen molar-refractivity contribution in [2.45, 2.75) is 50.2 Å². The highest BCUT2D eigenvalue weighted by Gasteiger charge is 2.44. The standard InChI is InChI=1S/C29H35N3O4S/c1-35-18-16-32-27(25-13-7-19-37-25)26(23-11-4-5-12-24(23)29(32)34)28(33)30-14-15-31(21-8-2-3-9-21)20-22-10-6-17-36-22/h4-7,10-13,17,19,21,26-27H,2-3,8-9,14-16,18,20H2,1H3,(H,30,33). The van der Waals surface area contributed by atoms with Gasteiger partial charge in [-0.25, -0.2) is 0 Å². The summed E-state index contributed by atoms with van der Waals surface area (Å²) in [5.74, 6) is 0.352. The van der Waals surface area contributed by atoms with Gasteiger partial charge in [-0.05, 0) is 48.1 Å². The Labute approximate surface area is 222 Å². The van der Waals surface area contributed by atoms with Crippen molar-refractivity contribution in [3.05, 3.63) is 81.9 Å². The van der Waals surface area contributed by atoms with Crippen LogP contribution in [0.5, 0.6) is 0 Å². The average molecular weight is 522 g/mol. The number of fused-ring (bicyclic) bond motifs is 1. The summed E-state index contributed by atoms with van der Waals surface area (Å²) in [5.41, 5.74) is 1.39. The number of nitrogens with zero attached hydrogens (tertiary/aromatic N) is 2. The number of methoxy groups -OCH3 is 1. The van der Waals surface area contributed by atoms with Gasteiger partial charge in [-0.1, -0.05) is 37.1 Å². The molecule has 1 aliphatic heterocycles. The third-order valence-electron chi connectivity index (χ3n) is 7.57. The molecule has 7 nitrogen and oxygen atoms in total. The van der Waals surface area contributed by atoms with Crippen LogP contribution in [-0.2, 0) is 16.1 Å². The number of benzene rings is 1. The minimum atomic E-state index is -0.491. The van der Waals surface area contributed by atoms with E-state index in [1.54, 1.807) is 24.7 Å². The lowest BCUT2D eigenvalue weighted by molar-refractivity contribution is -0.124. The average Bonchev–Trinajstić information content (AvgIpc) is 3.71. The van der Waals surface area contributed by atoms with Crippen molar-refractivity contribution >= 4 is 23.2 Å². The lowest BCUT2D eigenvalue weighted by atomic mass is 9.81. The molecule has 5 rings (SSSR count). The Hall–Kier alpha value is -2.94. The molecule has 1 saturated carbocycles. The molecule has 37 heavy (non-hydrogen) atoms. The van der Waals surface area contributed by atoms with E-state index in [-0.39, 0.29) is 17.9 Å². The number of nitrogens with one attached hydrogen (secondary N) is 1. The van der Waals surface area contributed by atoms with Gasteiger partial charge in [0.2, 0.25) is 5.91 Å². The zero-order valence-corrected chi connectivity index (χ0v) is 22.1. The number of hydrogen-bond acceptors (Lipinski definition) is 6. The molecule has 1 fully saturated rings. The molecule has 0 radical (unpaired) electrons. The van der Waals surface area contributed by atoms with Gasteiger partial charge in [0.05, 0.1) is 31.4 Å². The van der Waals surface area contributed by atoms with Gasteiger partial charge in [0, 0.05) is 43.2 Å². The third kappa shape index (κ3) is 5.66. The highest BCUT2D eigenvalue weighted by Crippen LogP contribution is 2.44. The Morgan fingerprint density at radius 3 is 2.73 bits per heavy atom. The van der Waals surface area contributed by atoms with Gasteiger partial charge in [-0.2, -0.15) is 0 Å². The number of carbonyl (C=O) groups excluding carboxylic acids is 2. The van der Waals surface area contributed by atoms with Crippen LogP contribution >= 0.6 is 11.3 Å². The summed E-state index contributed by atoms with van der Waals surface area (Å²) < 4.78 is 10.9. The minimum Gasteiger partial charge on any atom is -0.468 e. The number of ether oxygens (including phenoxy) is 1. The zero-order valence-electron chi connectivity index (χ0n) is 21.3. The number of hydrogen-bond donors (Lipinski definition) is 1. The van der Waals surface area contributed by atoms with E-state index in [9.17, 15) is 9.59 Å². The highest BCUT2D eigenvalue weighted by atomic mass is 32.1. The minimum absolute atomic E-state index is 0.0508. The van der Waals surface area contributed by atoms with Crippen molar-refractivity contribution in [2.75, 3.05) is 33.4 Å². The fourth-order valence-electron chi connectivity index (χ4n) is 5.78. The zero-order chi connectivity index (χ0) is 25.6. The molecule has 0 spiro atoms. The molecule has 8 heteroatoms. The molecule has 196 valence electrons. The van der Waals surface area contributed by atoms with Gasteiger partial charge in [-0.3, -0.25) is 14.5 Å². The van der Waals surface area contributed by atoms with Crippen molar-refractivity contribution in [3.63, 3.8) is 0 Å². The number of furan rings is 1. The molecule has 2 unspecified atom stereocenters. The van der Waals surface area contributed by atoms with Gasteiger partial charge in [0.1, 0.15) is 5.76 Å². The third-order valence-corrected chi connectivity index (χ3v) is 8.51. The largest absolute Gasteiger partial charge is 0.468 e. The first-order chi connectivity index (χ1) is 18.2. The van der Waals surface area contributed by atoms with Crippen LogP contribution in [0.15, 0.2) is 64.6 Å². The van der Waals surface area contributed by atoms with Crippen LogP contribution in [0.1, 0.15) is 64.2 Å². The number of amides is 2. The normalized spacial score (nSPS) is 19.9. The van der Waals surface area contributed by atoms with Gasteiger partial charge >= 0.3 is 0 Å². The molecule has 0 saturated heterocycles. The van der Waals surface area contributed by atoms with E-state index in [2.05, 4.69) is 10.2 Å². The Bertz CT molecular complexity index is 1160.